The molecule has 2 aromatic carbocycles. The van der Waals surface area contributed by atoms with Crippen molar-refractivity contribution in [3.63, 3.8) is 0 Å². The summed E-state index contributed by atoms with van der Waals surface area (Å²) in [7, 11) is 1.48. The van der Waals surface area contributed by atoms with E-state index in [1.165, 1.54) is 18.2 Å². The fourth-order valence-electron chi connectivity index (χ4n) is 2.39. The number of hydrogen-bond donors (Lipinski definition) is 1. The van der Waals surface area contributed by atoms with E-state index in [1.54, 1.807) is 25.1 Å². The topological polar surface area (TPSA) is 62.1 Å². The van der Waals surface area contributed by atoms with E-state index in [9.17, 15) is 9.90 Å². The third kappa shape index (κ3) is 3.14. The summed E-state index contributed by atoms with van der Waals surface area (Å²) in [6.07, 6.45) is 1.75. The molecule has 1 amide bonds. The van der Waals surface area contributed by atoms with Gasteiger partial charge in [-0.05, 0) is 77.6 Å². The molecule has 1 aliphatic heterocycles. The van der Waals surface area contributed by atoms with Gasteiger partial charge in [-0.2, -0.15) is 10.1 Å². The molecular formula is C18H15IN2O3. The van der Waals surface area contributed by atoms with Crippen LogP contribution in [0, 0.1) is 3.57 Å². The molecule has 1 N–H and O–H groups in total. The number of phenolic OH excluding ortho intramolecular Hbond substituents is 1. The minimum atomic E-state index is -0.180. The van der Waals surface area contributed by atoms with Crippen LogP contribution in [0.25, 0.3) is 6.08 Å². The Balaban J connectivity index is 1.94. The first kappa shape index (κ1) is 16.5. The number of benzene rings is 2. The number of anilines is 1. The monoisotopic (exact) mass is 434 g/mol. The molecule has 6 heteroatoms. The number of hydrazone groups is 1. The first-order valence-corrected chi connectivity index (χ1v) is 8.32. The van der Waals surface area contributed by atoms with Crippen molar-refractivity contribution in [2.24, 2.45) is 5.10 Å². The fraction of sp³-hybridized carbons (Fsp3) is 0.111. The van der Waals surface area contributed by atoms with Crippen LogP contribution in [0.1, 0.15) is 12.5 Å². The zero-order chi connectivity index (χ0) is 17.3. The van der Waals surface area contributed by atoms with E-state index in [-0.39, 0.29) is 11.7 Å². The van der Waals surface area contributed by atoms with Crippen molar-refractivity contribution < 1.29 is 14.6 Å². The number of aromatic hydroxyl groups is 1. The number of phenols is 1. The standard InChI is InChI=1S/C18H15IN2O3/c1-11-15(9-12-3-8-16(22)17(10-12)24-2)18(23)21(20-11)14-6-4-13(19)5-7-14/h3-10,22H,1-2H3/b15-9-. The highest BCUT2D eigenvalue weighted by atomic mass is 127. The molecule has 0 saturated carbocycles. The van der Waals surface area contributed by atoms with Gasteiger partial charge in [0.25, 0.3) is 5.91 Å². The van der Waals surface area contributed by atoms with Gasteiger partial charge >= 0.3 is 0 Å². The third-order valence-corrected chi connectivity index (χ3v) is 4.37. The molecule has 0 bridgehead atoms. The molecule has 122 valence electrons. The van der Waals surface area contributed by atoms with E-state index in [2.05, 4.69) is 27.7 Å². The third-order valence-electron chi connectivity index (χ3n) is 3.65. The van der Waals surface area contributed by atoms with Crippen LogP contribution in [-0.2, 0) is 4.79 Å². The number of ether oxygens (including phenoxy) is 1. The Hall–Kier alpha value is -2.35. The number of carbonyl (C=O) groups is 1. The number of rotatable bonds is 3. The molecule has 2 aromatic rings. The lowest BCUT2D eigenvalue weighted by molar-refractivity contribution is -0.114. The SMILES string of the molecule is COc1cc(/C=C2\C(=O)N(c3ccc(I)cc3)N=C2C)ccc1O. The molecule has 3 rings (SSSR count). The Bertz CT molecular complexity index is 857. The van der Waals surface area contributed by atoms with Crippen molar-refractivity contribution in [2.75, 3.05) is 12.1 Å². The van der Waals surface area contributed by atoms with E-state index in [1.807, 2.05) is 24.3 Å². The average molecular weight is 434 g/mol. The second-order valence-electron chi connectivity index (χ2n) is 5.27. The molecule has 1 heterocycles. The molecule has 0 aromatic heterocycles. The molecule has 0 atom stereocenters. The lowest BCUT2D eigenvalue weighted by atomic mass is 10.1. The van der Waals surface area contributed by atoms with Crippen LogP contribution in [0.3, 0.4) is 0 Å². The van der Waals surface area contributed by atoms with Crippen LogP contribution in [0.4, 0.5) is 5.69 Å². The second-order valence-corrected chi connectivity index (χ2v) is 6.51. The van der Waals surface area contributed by atoms with Gasteiger partial charge in [-0.15, -0.1) is 0 Å². The average Bonchev–Trinajstić information content (AvgIpc) is 2.85. The van der Waals surface area contributed by atoms with E-state index in [0.717, 1.165) is 14.8 Å². The predicted octanol–water partition coefficient (Wildman–Crippen LogP) is 3.81. The maximum atomic E-state index is 12.7. The van der Waals surface area contributed by atoms with E-state index in [0.29, 0.717) is 17.0 Å². The summed E-state index contributed by atoms with van der Waals surface area (Å²) in [4.78, 5) is 12.7. The van der Waals surface area contributed by atoms with Gasteiger partial charge in [-0.3, -0.25) is 4.79 Å². The summed E-state index contributed by atoms with van der Waals surface area (Å²) in [5, 5.41) is 15.4. The number of halogens is 1. The Morgan fingerprint density at radius 3 is 2.58 bits per heavy atom. The van der Waals surface area contributed by atoms with Crippen molar-refractivity contribution in [3.05, 3.63) is 57.2 Å². The molecule has 0 spiro atoms. The number of hydrogen-bond acceptors (Lipinski definition) is 4. The van der Waals surface area contributed by atoms with Gasteiger partial charge < -0.3 is 9.84 Å². The van der Waals surface area contributed by atoms with Crippen LogP contribution >= 0.6 is 22.6 Å². The first-order chi connectivity index (χ1) is 11.5. The Labute approximate surface area is 153 Å². The van der Waals surface area contributed by atoms with Crippen LogP contribution in [0.5, 0.6) is 11.5 Å². The quantitative estimate of drug-likeness (QED) is 0.591. The molecule has 24 heavy (non-hydrogen) atoms. The lowest BCUT2D eigenvalue weighted by Gasteiger charge is -2.11. The maximum absolute atomic E-state index is 12.7. The summed E-state index contributed by atoms with van der Waals surface area (Å²) in [6.45, 7) is 1.80. The van der Waals surface area contributed by atoms with Crippen molar-refractivity contribution in [1.29, 1.82) is 0 Å². The molecular weight excluding hydrogens is 419 g/mol. The molecule has 0 saturated heterocycles. The highest BCUT2D eigenvalue weighted by Gasteiger charge is 2.28. The summed E-state index contributed by atoms with van der Waals surface area (Å²) >= 11 is 2.21. The van der Waals surface area contributed by atoms with E-state index >= 15 is 0 Å². The smallest absolute Gasteiger partial charge is 0.280 e. The highest BCUT2D eigenvalue weighted by molar-refractivity contribution is 14.1. The Kier molecular flexibility index (Phi) is 4.57. The van der Waals surface area contributed by atoms with Gasteiger partial charge in [0.1, 0.15) is 0 Å². The first-order valence-electron chi connectivity index (χ1n) is 7.24. The molecule has 0 radical (unpaired) electrons. The van der Waals surface area contributed by atoms with Crippen LogP contribution in [0.2, 0.25) is 0 Å². The predicted molar refractivity (Wildman–Crippen MR) is 102 cm³/mol. The molecule has 0 aliphatic carbocycles. The second kappa shape index (κ2) is 6.64. The molecule has 0 unspecified atom stereocenters. The minimum Gasteiger partial charge on any atom is -0.504 e. The van der Waals surface area contributed by atoms with Gasteiger partial charge in [0, 0.05) is 3.57 Å². The number of nitrogens with zero attached hydrogens (tertiary/aromatic N) is 2. The molecule has 5 nitrogen and oxygen atoms in total. The van der Waals surface area contributed by atoms with Gasteiger partial charge in [0.15, 0.2) is 11.5 Å². The zero-order valence-electron chi connectivity index (χ0n) is 13.2. The zero-order valence-corrected chi connectivity index (χ0v) is 15.3. The van der Waals surface area contributed by atoms with Gasteiger partial charge in [0.2, 0.25) is 0 Å². The van der Waals surface area contributed by atoms with E-state index in [4.69, 9.17) is 4.74 Å². The summed E-state index contributed by atoms with van der Waals surface area (Å²) in [6, 6.07) is 12.5. The summed E-state index contributed by atoms with van der Waals surface area (Å²) in [5.74, 6) is 0.239. The number of carbonyl (C=O) groups excluding carboxylic acids is 1. The van der Waals surface area contributed by atoms with Crippen molar-refractivity contribution in [3.8, 4) is 11.5 Å². The van der Waals surface area contributed by atoms with Crippen molar-refractivity contribution in [2.45, 2.75) is 6.92 Å². The van der Waals surface area contributed by atoms with Crippen molar-refractivity contribution in [1.82, 2.24) is 0 Å². The molecule has 1 aliphatic rings. The van der Waals surface area contributed by atoms with E-state index < -0.39 is 0 Å². The van der Waals surface area contributed by atoms with Gasteiger partial charge in [0.05, 0.1) is 24.1 Å². The summed E-state index contributed by atoms with van der Waals surface area (Å²) in [5.41, 5.74) is 2.64. The Morgan fingerprint density at radius 1 is 1.21 bits per heavy atom. The van der Waals surface area contributed by atoms with Crippen LogP contribution in [-0.4, -0.2) is 23.8 Å². The van der Waals surface area contributed by atoms with Gasteiger partial charge in [-0.1, -0.05) is 6.07 Å². The maximum Gasteiger partial charge on any atom is 0.280 e. The molecule has 0 fully saturated rings. The lowest BCUT2D eigenvalue weighted by Crippen LogP contribution is -2.21. The van der Waals surface area contributed by atoms with Crippen LogP contribution in [0.15, 0.2) is 53.1 Å². The normalized spacial score (nSPS) is 15.8. The fourth-order valence-corrected chi connectivity index (χ4v) is 2.75. The minimum absolute atomic E-state index is 0.0586. The number of amides is 1. The Morgan fingerprint density at radius 2 is 1.92 bits per heavy atom. The largest absolute Gasteiger partial charge is 0.504 e. The number of methoxy groups -OCH3 is 1. The van der Waals surface area contributed by atoms with Crippen LogP contribution < -0.4 is 9.75 Å². The van der Waals surface area contributed by atoms with Gasteiger partial charge in [-0.25, -0.2) is 0 Å². The van der Waals surface area contributed by atoms with Crippen molar-refractivity contribution >= 4 is 46.0 Å². The highest BCUT2D eigenvalue weighted by Crippen LogP contribution is 2.29. The summed E-state index contributed by atoms with van der Waals surface area (Å²) < 4.78 is 6.19.